The summed E-state index contributed by atoms with van der Waals surface area (Å²) >= 11 is 0. The first-order valence-corrected chi connectivity index (χ1v) is 6.50. The number of nitrogens with one attached hydrogen (secondary N) is 2. The highest BCUT2D eigenvalue weighted by atomic mass is 16.5. The average Bonchev–Trinajstić information content (AvgIpc) is 2.40. The Morgan fingerprint density at radius 1 is 1.44 bits per heavy atom. The van der Waals surface area contributed by atoms with Crippen molar-refractivity contribution in [2.24, 2.45) is 0 Å². The van der Waals surface area contributed by atoms with Crippen molar-refractivity contribution in [3.8, 4) is 0 Å². The molecule has 0 aromatic heterocycles. The van der Waals surface area contributed by atoms with E-state index in [1.807, 2.05) is 13.8 Å². The van der Waals surface area contributed by atoms with E-state index in [-0.39, 0.29) is 17.9 Å². The largest absolute Gasteiger partial charge is 0.378 e. The normalized spacial score (nSPS) is 21.2. The van der Waals surface area contributed by atoms with E-state index in [4.69, 9.17) is 4.74 Å². The third-order valence-corrected chi connectivity index (χ3v) is 3.04. The first-order valence-electron chi connectivity index (χ1n) is 6.50. The van der Waals surface area contributed by atoms with Gasteiger partial charge in [0.1, 0.15) is 12.1 Å². The summed E-state index contributed by atoms with van der Waals surface area (Å²) in [6.45, 7) is 8.51. The second-order valence-electron chi connectivity index (χ2n) is 4.32. The number of hydrogen-bond acceptors (Lipinski definition) is 4. The smallest absolute Gasteiger partial charge is 0.244 e. The van der Waals surface area contributed by atoms with Crippen molar-refractivity contribution in [3.63, 3.8) is 0 Å². The molecule has 0 aromatic rings. The van der Waals surface area contributed by atoms with Gasteiger partial charge in [-0.3, -0.25) is 9.59 Å². The van der Waals surface area contributed by atoms with Crippen LogP contribution >= 0.6 is 0 Å². The molecule has 18 heavy (non-hydrogen) atoms. The Morgan fingerprint density at radius 2 is 2.11 bits per heavy atom. The van der Waals surface area contributed by atoms with Crippen LogP contribution < -0.4 is 10.6 Å². The first-order chi connectivity index (χ1) is 8.60. The van der Waals surface area contributed by atoms with Crippen LogP contribution in [0.25, 0.3) is 0 Å². The Morgan fingerprint density at radius 3 is 2.61 bits per heavy atom. The predicted octanol–water partition coefficient (Wildman–Crippen LogP) is -0.652. The average molecular weight is 257 g/mol. The van der Waals surface area contributed by atoms with E-state index in [0.717, 1.165) is 0 Å². The van der Waals surface area contributed by atoms with Gasteiger partial charge in [0, 0.05) is 19.6 Å². The van der Waals surface area contributed by atoms with Gasteiger partial charge >= 0.3 is 0 Å². The van der Waals surface area contributed by atoms with Gasteiger partial charge in [0.2, 0.25) is 11.8 Å². The SMILES string of the molecule is CCN(CC)C(=O)C(C)NC(=O)C1COCCN1. The lowest BCUT2D eigenvalue weighted by molar-refractivity contribution is -0.137. The van der Waals surface area contributed by atoms with E-state index >= 15 is 0 Å². The number of carbonyl (C=O) groups is 2. The molecule has 0 saturated carbocycles. The molecule has 0 radical (unpaired) electrons. The number of nitrogens with zero attached hydrogens (tertiary/aromatic N) is 1. The summed E-state index contributed by atoms with van der Waals surface area (Å²) in [4.78, 5) is 25.6. The molecule has 0 spiro atoms. The predicted molar refractivity (Wildman–Crippen MR) is 68.1 cm³/mol. The fourth-order valence-corrected chi connectivity index (χ4v) is 1.92. The molecule has 1 heterocycles. The van der Waals surface area contributed by atoms with Crippen molar-refractivity contribution in [2.45, 2.75) is 32.9 Å². The number of carbonyl (C=O) groups excluding carboxylic acids is 2. The van der Waals surface area contributed by atoms with Gasteiger partial charge in [0.15, 0.2) is 0 Å². The molecule has 6 heteroatoms. The van der Waals surface area contributed by atoms with Crippen molar-refractivity contribution in [3.05, 3.63) is 0 Å². The van der Waals surface area contributed by atoms with E-state index in [1.54, 1.807) is 11.8 Å². The summed E-state index contributed by atoms with van der Waals surface area (Å²) in [5, 5.41) is 5.78. The standard InChI is InChI=1S/C12H23N3O3/c1-4-15(5-2)12(17)9(3)14-11(16)10-8-18-7-6-13-10/h9-10,13H,4-8H2,1-3H3,(H,14,16). The highest BCUT2D eigenvalue weighted by Gasteiger charge is 2.25. The maximum atomic E-state index is 12.0. The maximum Gasteiger partial charge on any atom is 0.244 e. The number of likely N-dealkylation sites (N-methyl/N-ethyl adjacent to an activating group) is 1. The Hall–Kier alpha value is -1.14. The van der Waals surface area contributed by atoms with Gasteiger partial charge in [-0.15, -0.1) is 0 Å². The first kappa shape index (κ1) is 14.9. The zero-order valence-corrected chi connectivity index (χ0v) is 11.4. The van der Waals surface area contributed by atoms with Crippen LogP contribution in [-0.4, -0.2) is 61.6 Å². The summed E-state index contributed by atoms with van der Waals surface area (Å²) in [5.74, 6) is -0.229. The molecular weight excluding hydrogens is 234 g/mol. The second kappa shape index (κ2) is 7.33. The number of hydrogen-bond donors (Lipinski definition) is 2. The molecule has 0 bridgehead atoms. The van der Waals surface area contributed by atoms with Crippen molar-refractivity contribution in [1.82, 2.24) is 15.5 Å². The minimum absolute atomic E-state index is 0.0509. The molecular formula is C12H23N3O3. The van der Waals surface area contributed by atoms with Crippen LogP contribution in [0.15, 0.2) is 0 Å². The van der Waals surface area contributed by atoms with Crippen LogP contribution in [0.2, 0.25) is 0 Å². The van der Waals surface area contributed by atoms with Crippen molar-refractivity contribution >= 4 is 11.8 Å². The van der Waals surface area contributed by atoms with Crippen LogP contribution in [0.4, 0.5) is 0 Å². The molecule has 1 rings (SSSR count). The molecule has 2 atom stereocenters. The molecule has 6 nitrogen and oxygen atoms in total. The van der Waals surface area contributed by atoms with Gasteiger partial charge in [-0.2, -0.15) is 0 Å². The minimum Gasteiger partial charge on any atom is -0.378 e. The molecule has 1 aliphatic heterocycles. The summed E-state index contributed by atoms with van der Waals surface area (Å²) in [6.07, 6.45) is 0. The molecule has 0 aliphatic carbocycles. The summed E-state index contributed by atoms with van der Waals surface area (Å²) in [6, 6.07) is -0.855. The Kier molecular flexibility index (Phi) is 6.07. The third-order valence-electron chi connectivity index (χ3n) is 3.04. The molecule has 2 N–H and O–H groups in total. The van der Waals surface area contributed by atoms with Gasteiger partial charge in [-0.1, -0.05) is 0 Å². The lowest BCUT2D eigenvalue weighted by Gasteiger charge is -2.27. The van der Waals surface area contributed by atoms with Crippen LogP contribution in [0, 0.1) is 0 Å². The van der Waals surface area contributed by atoms with Gasteiger partial charge in [-0.25, -0.2) is 0 Å². The number of rotatable bonds is 5. The molecule has 104 valence electrons. The number of morpholine rings is 1. The van der Waals surface area contributed by atoms with Crippen LogP contribution in [0.5, 0.6) is 0 Å². The van der Waals surface area contributed by atoms with Crippen molar-refractivity contribution in [1.29, 1.82) is 0 Å². The zero-order valence-electron chi connectivity index (χ0n) is 11.4. The van der Waals surface area contributed by atoms with E-state index in [2.05, 4.69) is 10.6 Å². The summed E-state index contributed by atoms with van der Waals surface area (Å²) in [5.41, 5.74) is 0. The van der Waals surface area contributed by atoms with Gasteiger partial charge < -0.3 is 20.3 Å². The zero-order chi connectivity index (χ0) is 13.5. The topological polar surface area (TPSA) is 70.7 Å². The molecule has 2 unspecified atom stereocenters. The van der Waals surface area contributed by atoms with Gasteiger partial charge in [-0.05, 0) is 20.8 Å². The van der Waals surface area contributed by atoms with Crippen molar-refractivity contribution in [2.75, 3.05) is 32.8 Å². The quantitative estimate of drug-likeness (QED) is 0.686. The lowest BCUT2D eigenvalue weighted by Crippen LogP contribution is -2.55. The van der Waals surface area contributed by atoms with E-state index < -0.39 is 6.04 Å². The maximum absolute atomic E-state index is 12.0. The third kappa shape index (κ3) is 3.96. The monoisotopic (exact) mass is 257 g/mol. The van der Waals surface area contributed by atoms with Crippen LogP contribution in [-0.2, 0) is 14.3 Å². The minimum atomic E-state index is -0.499. The molecule has 1 aliphatic rings. The van der Waals surface area contributed by atoms with Gasteiger partial charge in [0.05, 0.1) is 13.2 Å². The molecule has 1 fully saturated rings. The fraction of sp³-hybridized carbons (Fsp3) is 0.833. The lowest BCUT2D eigenvalue weighted by atomic mass is 10.2. The summed E-state index contributed by atoms with van der Waals surface area (Å²) in [7, 11) is 0. The fourth-order valence-electron chi connectivity index (χ4n) is 1.92. The van der Waals surface area contributed by atoms with Gasteiger partial charge in [0.25, 0.3) is 0 Å². The highest BCUT2D eigenvalue weighted by Crippen LogP contribution is 1.98. The molecule has 2 amide bonds. The van der Waals surface area contributed by atoms with Crippen LogP contribution in [0.3, 0.4) is 0 Å². The highest BCUT2D eigenvalue weighted by molar-refractivity contribution is 5.89. The van der Waals surface area contributed by atoms with E-state index in [0.29, 0.717) is 32.8 Å². The number of amides is 2. The van der Waals surface area contributed by atoms with E-state index in [1.165, 1.54) is 0 Å². The second-order valence-corrected chi connectivity index (χ2v) is 4.32. The Balaban J connectivity index is 2.45. The molecule has 0 aromatic carbocycles. The van der Waals surface area contributed by atoms with Crippen LogP contribution in [0.1, 0.15) is 20.8 Å². The van der Waals surface area contributed by atoms with Crippen molar-refractivity contribution < 1.29 is 14.3 Å². The Bertz CT molecular complexity index is 286. The van der Waals surface area contributed by atoms with E-state index in [9.17, 15) is 9.59 Å². The molecule has 1 saturated heterocycles. The number of ether oxygens (including phenoxy) is 1. The Labute approximate surface area is 108 Å². The summed E-state index contributed by atoms with van der Waals surface area (Å²) < 4.78 is 5.22.